The predicted octanol–water partition coefficient (Wildman–Crippen LogP) is 1.15. The Kier molecular flexibility index (Phi) is 8.59. The quantitative estimate of drug-likeness (QED) is 0.772. The van der Waals surface area contributed by atoms with Gasteiger partial charge in [0.15, 0.2) is 0 Å². The maximum atomic E-state index is 11.5. The third-order valence-electron chi connectivity index (χ3n) is 2.89. The lowest BCUT2D eigenvalue weighted by atomic mass is 10.1. The van der Waals surface area contributed by atoms with Gasteiger partial charge in [-0.15, -0.1) is 12.4 Å². The van der Waals surface area contributed by atoms with Gasteiger partial charge in [0.05, 0.1) is 12.7 Å². The highest BCUT2D eigenvalue weighted by Crippen LogP contribution is 2.06. The van der Waals surface area contributed by atoms with Crippen molar-refractivity contribution < 1.29 is 14.3 Å². The molecule has 0 radical (unpaired) electrons. The fourth-order valence-corrected chi connectivity index (χ4v) is 1.54. The summed E-state index contributed by atoms with van der Waals surface area (Å²) in [6.07, 6.45) is 0.713. The first-order chi connectivity index (χ1) is 9.08. The molecule has 0 heterocycles. The van der Waals surface area contributed by atoms with Crippen LogP contribution in [0.15, 0.2) is 24.3 Å². The summed E-state index contributed by atoms with van der Waals surface area (Å²) in [7, 11) is 1.35. The van der Waals surface area contributed by atoms with Gasteiger partial charge < -0.3 is 15.8 Å². The van der Waals surface area contributed by atoms with E-state index in [0.29, 0.717) is 25.1 Å². The van der Waals surface area contributed by atoms with Crippen molar-refractivity contribution in [1.82, 2.24) is 5.32 Å². The zero-order valence-corrected chi connectivity index (χ0v) is 12.5. The highest BCUT2D eigenvalue weighted by Gasteiger charge is 2.09. The van der Waals surface area contributed by atoms with E-state index in [1.165, 1.54) is 7.11 Å². The third kappa shape index (κ3) is 5.59. The van der Waals surface area contributed by atoms with E-state index in [0.717, 1.165) is 5.56 Å². The number of carbonyl (C=O) groups excluding carboxylic acids is 2. The number of hydrogen-bond acceptors (Lipinski definition) is 4. The zero-order valence-electron chi connectivity index (χ0n) is 11.7. The van der Waals surface area contributed by atoms with Gasteiger partial charge in [-0.05, 0) is 24.1 Å². The van der Waals surface area contributed by atoms with Crippen molar-refractivity contribution >= 4 is 24.3 Å². The molecule has 0 bridgehead atoms. The number of nitrogens with one attached hydrogen (secondary N) is 1. The van der Waals surface area contributed by atoms with Crippen LogP contribution in [0.1, 0.15) is 22.8 Å². The van der Waals surface area contributed by atoms with Crippen LogP contribution in [0.2, 0.25) is 0 Å². The van der Waals surface area contributed by atoms with Crippen LogP contribution in [0.25, 0.3) is 0 Å². The van der Waals surface area contributed by atoms with E-state index < -0.39 is 0 Å². The van der Waals surface area contributed by atoms with E-state index in [2.05, 4.69) is 10.1 Å². The largest absolute Gasteiger partial charge is 0.465 e. The van der Waals surface area contributed by atoms with Crippen LogP contribution >= 0.6 is 12.4 Å². The first kappa shape index (κ1) is 18.4. The second-order valence-corrected chi connectivity index (χ2v) is 4.37. The Labute approximate surface area is 125 Å². The fraction of sp³-hybridized carbons (Fsp3) is 0.429. The summed E-state index contributed by atoms with van der Waals surface area (Å²) in [5, 5.41) is 2.82. The average molecular weight is 301 g/mol. The molecule has 0 aliphatic heterocycles. The van der Waals surface area contributed by atoms with Gasteiger partial charge in [-0.1, -0.05) is 19.1 Å². The molecule has 5 nitrogen and oxygen atoms in total. The molecular formula is C14H21ClN2O3. The number of methoxy groups -OCH3 is 1. The molecular weight excluding hydrogens is 280 g/mol. The van der Waals surface area contributed by atoms with Crippen LogP contribution in [0.5, 0.6) is 0 Å². The summed E-state index contributed by atoms with van der Waals surface area (Å²) in [5.41, 5.74) is 6.98. The lowest BCUT2D eigenvalue weighted by Crippen LogP contribution is -2.34. The molecule has 112 valence electrons. The molecule has 0 spiro atoms. The van der Waals surface area contributed by atoms with E-state index in [-0.39, 0.29) is 30.2 Å². The minimum absolute atomic E-state index is 0. The average Bonchev–Trinajstić information content (AvgIpc) is 2.46. The Morgan fingerprint density at radius 3 is 2.40 bits per heavy atom. The molecule has 1 aromatic rings. The van der Waals surface area contributed by atoms with E-state index in [1.807, 2.05) is 12.1 Å². The van der Waals surface area contributed by atoms with Crippen LogP contribution in [0.3, 0.4) is 0 Å². The van der Waals surface area contributed by atoms with Gasteiger partial charge >= 0.3 is 5.97 Å². The monoisotopic (exact) mass is 300 g/mol. The zero-order chi connectivity index (χ0) is 14.3. The number of rotatable bonds is 6. The lowest BCUT2D eigenvalue weighted by Gasteiger charge is -2.09. The Balaban J connectivity index is 0.00000361. The second-order valence-electron chi connectivity index (χ2n) is 4.37. The van der Waals surface area contributed by atoms with E-state index in [9.17, 15) is 9.59 Å². The number of ether oxygens (including phenoxy) is 1. The number of carbonyl (C=O) groups is 2. The molecule has 0 aliphatic rings. The number of hydrogen-bond donors (Lipinski definition) is 2. The standard InChI is InChI=1S/C14H20N2O3.ClH/c1-10(9-15)13(17)16-8-7-11-3-5-12(6-4-11)14(18)19-2;/h3-6,10H,7-9,15H2,1-2H3,(H,16,17);1H. The van der Waals surface area contributed by atoms with Crippen LogP contribution in [0, 0.1) is 5.92 Å². The fourth-order valence-electron chi connectivity index (χ4n) is 1.54. The second kappa shape index (κ2) is 9.34. The van der Waals surface area contributed by atoms with E-state index in [1.54, 1.807) is 19.1 Å². The Bertz CT molecular complexity index is 435. The molecule has 0 aliphatic carbocycles. The topological polar surface area (TPSA) is 81.4 Å². The molecule has 1 amide bonds. The van der Waals surface area contributed by atoms with Crippen molar-refractivity contribution in [3.05, 3.63) is 35.4 Å². The van der Waals surface area contributed by atoms with Crippen molar-refractivity contribution in [2.75, 3.05) is 20.2 Å². The van der Waals surface area contributed by atoms with Crippen LogP contribution in [0.4, 0.5) is 0 Å². The Hall–Kier alpha value is -1.59. The van der Waals surface area contributed by atoms with Crippen molar-refractivity contribution in [2.24, 2.45) is 11.7 Å². The minimum Gasteiger partial charge on any atom is -0.465 e. The first-order valence-corrected chi connectivity index (χ1v) is 6.23. The maximum Gasteiger partial charge on any atom is 0.337 e. The van der Waals surface area contributed by atoms with Gasteiger partial charge in [0, 0.05) is 19.0 Å². The molecule has 1 rings (SSSR count). The van der Waals surface area contributed by atoms with Gasteiger partial charge in [-0.25, -0.2) is 4.79 Å². The lowest BCUT2D eigenvalue weighted by molar-refractivity contribution is -0.124. The molecule has 0 saturated carbocycles. The summed E-state index contributed by atoms with van der Waals surface area (Å²) >= 11 is 0. The highest BCUT2D eigenvalue weighted by molar-refractivity contribution is 5.89. The normalized spacial score (nSPS) is 11.2. The molecule has 6 heteroatoms. The van der Waals surface area contributed by atoms with Crippen molar-refractivity contribution in [1.29, 1.82) is 0 Å². The van der Waals surface area contributed by atoms with Crippen molar-refractivity contribution in [3.8, 4) is 0 Å². The minimum atomic E-state index is -0.350. The predicted molar refractivity (Wildman–Crippen MR) is 80.0 cm³/mol. The van der Waals surface area contributed by atoms with Crippen molar-refractivity contribution in [2.45, 2.75) is 13.3 Å². The molecule has 3 N–H and O–H groups in total. The Morgan fingerprint density at radius 2 is 1.90 bits per heavy atom. The Morgan fingerprint density at radius 1 is 1.30 bits per heavy atom. The number of benzene rings is 1. The van der Waals surface area contributed by atoms with Crippen LogP contribution in [-0.4, -0.2) is 32.1 Å². The molecule has 1 unspecified atom stereocenters. The molecule has 0 fully saturated rings. The van der Waals surface area contributed by atoms with Crippen LogP contribution in [-0.2, 0) is 16.0 Å². The smallest absolute Gasteiger partial charge is 0.337 e. The highest BCUT2D eigenvalue weighted by atomic mass is 35.5. The molecule has 1 aromatic carbocycles. The number of esters is 1. The molecule has 0 saturated heterocycles. The first-order valence-electron chi connectivity index (χ1n) is 6.23. The summed E-state index contributed by atoms with van der Waals surface area (Å²) in [4.78, 5) is 22.7. The van der Waals surface area contributed by atoms with Crippen molar-refractivity contribution in [3.63, 3.8) is 0 Å². The van der Waals surface area contributed by atoms with Crippen LogP contribution < -0.4 is 11.1 Å². The summed E-state index contributed by atoms with van der Waals surface area (Å²) in [6.45, 7) is 2.70. The summed E-state index contributed by atoms with van der Waals surface area (Å²) < 4.78 is 4.62. The van der Waals surface area contributed by atoms with Gasteiger partial charge in [-0.3, -0.25) is 4.79 Å². The van der Waals surface area contributed by atoms with Gasteiger partial charge in [0.2, 0.25) is 5.91 Å². The van der Waals surface area contributed by atoms with Gasteiger partial charge in [-0.2, -0.15) is 0 Å². The molecule has 0 aromatic heterocycles. The SMILES string of the molecule is COC(=O)c1ccc(CCNC(=O)C(C)CN)cc1.Cl. The molecule has 20 heavy (non-hydrogen) atoms. The third-order valence-corrected chi connectivity index (χ3v) is 2.89. The van der Waals surface area contributed by atoms with E-state index in [4.69, 9.17) is 5.73 Å². The maximum absolute atomic E-state index is 11.5. The number of halogens is 1. The number of nitrogens with two attached hydrogens (primary N) is 1. The van der Waals surface area contributed by atoms with E-state index >= 15 is 0 Å². The molecule has 1 atom stereocenters. The van der Waals surface area contributed by atoms with Gasteiger partial charge in [0.25, 0.3) is 0 Å². The number of amides is 1. The van der Waals surface area contributed by atoms with Gasteiger partial charge in [0.1, 0.15) is 0 Å². The summed E-state index contributed by atoms with van der Waals surface area (Å²) in [6, 6.07) is 7.13. The summed E-state index contributed by atoms with van der Waals surface area (Å²) in [5.74, 6) is -0.549.